The van der Waals surface area contributed by atoms with Crippen molar-refractivity contribution < 1.29 is 0 Å². The minimum Gasteiger partial charge on any atom is -0.358 e. The summed E-state index contributed by atoms with van der Waals surface area (Å²) in [4.78, 5) is 2.47. The minimum atomic E-state index is 0.433. The zero-order chi connectivity index (χ0) is 18.3. The van der Waals surface area contributed by atoms with Crippen LogP contribution in [-0.2, 0) is 0 Å². The lowest BCUT2D eigenvalue weighted by Crippen LogP contribution is -2.35. The van der Waals surface area contributed by atoms with Crippen molar-refractivity contribution >= 4 is 0 Å². The molecule has 1 rings (SSSR count). The summed E-state index contributed by atoms with van der Waals surface area (Å²) >= 11 is 0. The number of nitrogens with one attached hydrogen (secondary N) is 1. The predicted octanol–water partition coefficient (Wildman–Crippen LogP) is 5.58. The molecule has 1 aliphatic rings. The molecule has 1 heterocycles. The van der Waals surface area contributed by atoms with Crippen molar-refractivity contribution in [2.75, 3.05) is 13.1 Å². The second kappa shape index (κ2) is 9.68. The van der Waals surface area contributed by atoms with Gasteiger partial charge in [-0.2, -0.15) is 0 Å². The van der Waals surface area contributed by atoms with E-state index in [1.54, 1.807) is 0 Å². The second-order valence-electron chi connectivity index (χ2n) is 7.32. The molecule has 0 spiro atoms. The van der Waals surface area contributed by atoms with Gasteiger partial charge in [-0.1, -0.05) is 58.2 Å². The van der Waals surface area contributed by atoms with Crippen LogP contribution < -0.4 is 5.32 Å². The largest absolute Gasteiger partial charge is 0.358 e. The molecule has 0 amide bonds. The normalized spacial score (nSPS) is 19.7. The highest BCUT2D eigenvalue weighted by atomic mass is 15.2. The molecule has 0 aliphatic carbocycles. The van der Waals surface area contributed by atoms with Gasteiger partial charge >= 0.3 is 0 Å². The number of hydrogen-bond acceptors (Lipinski definition) is 2. The van der Waals surface area contributed by atoms with Crippen LogP contribution >= 0.6 is 0 Å². The molecule has 1 aliphatic heterocycles. The van der Waals surface area contributed by atoms with Crippen molar-refractivity contribution in [2.45, 2.75) is 59.9 Å². The molecule has 0 saturated carbocycles. The first-order chi connectivity index (χ1) is 11.3. The highest BCUT2D eigenvalue weighted by molar-refractivity contribution is 5.36. The molecule has 0 aromatic heterocycles. The zero-order valence-electron chi connectivity index (χ0n) is 16.4. The van der Waals surface area contributed by atoms with Gasteiger partial charge in [-0.3, -0.25) is 4.90 Å². The van der Waals surface area contributed by atoms with Gasteiger partial charge in [-0.15, -0.1) is 0 Å². The van der Waals surface area contributed by atoms with Crippen molar-refractivity contribution in [3.05, 3.63) is 60.0 Å². The number of nitrogens with zero attached hydrogens (tertiary/aromatic N) is 1. The summed E-state index contributed by atoms with van der Waals surface area (Å²) < 4.78 is 0. The zero-order valence-corrected chi connectivity index (χ0v) is 16.4. The number of hydrogen-bond donors (Lipinski definition) is 1. The van der Waals surface area contributed by atoms with E-state index in [2.05, 4.69) is 76.7 Å². The van der Waals surface area contributed by atoms with Crippen LogP contribution in [0.3, 0.4) is 0 Å². The van der Waals surface area contributed by atoms with Crippen LogP contribution in [0.4, 0.5) is 0 Å². The molecular weight excluding hydrogens is 292 g/mol. The molecule has 0 aromatic rings. The summed E-state index contributed by atoms with van der Waals surface area (Å²) in [5, 5.41) is 3.42. The number of likely N-dealkylation sites (tertiary alicyclic amines) is 1. The van der Waals surface area contributed by atoms with Gasteiger partial charge in [0.15, 0.2) is 0 Å². The maximum absolute atomic E-state index is 4.24. The Morgan fingerprint density at radius 3 is 2.38 bits per heavy atom. The molecular formula is C22H36N2. The van der Waals surface area contributed by atoms with Gasteiger partial charge in [0.2, 0.25) is 0 Å². The van der Waals surface area contributed by atoms with E-state index in [1.165, 1.54) is 30.5 Å². The van der Waals surface area contributed by atoms with E-state index in [1.807, 2.05) is 0 Å². The predicted molar refractivity (Wildman–Crippen MR) is 108 cm³/mol. The lowest BCUT2D eigenvalue weighted by molar-refractivity contribution is 0.290. The van der Waals surface area contributed by atoms with E-state index < -0.39 is 0 Å². The summed E-state index contributed by atoms with van der Waals surface area (Å²) in [6.45, 7) is 25.7. The summed E-state index contributed by atoms with van der Waals surface area (Å²) in [5.41, 5.74) is 5.58. The van der Waals surface area contributed by atoms with Crippen LogP contribution in [-0.4, -0.2) is 24.0 Å². The minimum absolute atomic E-state index is 0.433. The molecule has 1 unspecified atom stereocenters. The fraction of sp³-hybridized carbons (Fsp3) is 0.545. The molecule has 2 heteroatoms. The summed E-state index contributed by atoms with van der Waals surface area (Å²) in [5.74, 6) is 0.638. The van der Waals surface area contributed by atoms with Crippen molar-refractivity contribution in [2.24, 2.45) is 5.92 Å². The van der Waals surface area contributed by atoms with E-state index in [0.717, 1.165) is 29.9 Å². The van der Waals surface area contributed by atoms with Gasteiger partial charge in [0, 0.05) is 17.4 Å². The van der Waals surface area contributed by atoms with Gasteiger partial charge in [-0.25, -0.2) is 0 Å². The summed E-state index contributed by atoms with van der Waals surface area (Å²) in [6, 6.07) is 0.433. The van der Waals surface area contributed by atoms with E-state index in [-0.39, 0.29) is 0 Å². The fourth-order valence-corrected chi connectivity index (χ4v) is 3.10. The van der Waals surface area contributed by atoms with Crippen LogP contribution in [0.15, 0.2) is 60.0 Å². The van der Waals surface area contributed by atoms with Gasteiger partial charge in [0.1, 0.15) is 0 Å². The van der Waals surface area contributed by atoms with Gasteiger partial charge in [0.05, 0.1) is 0 Å². The Hall–Kier alpha value is -1.54. The third-order valence-electron chi connectivity index (χ3n) is 4.76. The van der Waals surface area contributed by atoms with Crippen molar-refractivity contribution in [1.82, 2.24) is 10.2 Å². The summed E-state index contributed by atoms with van der Waals surface area (Å²) in [6.07, 6.45) is 7.74. The molecule has 24 heavy (non-hydrogen) atoms. The van der Waals surface area contributed by atoms with E-state index in [9.17, 15) is 0 Å². The fourth-order valence-electron chi connectivity index (χ4n) is 3.10. The Morgan fingerprint density at radius 1 is 1.17 bits per heavy atom. The summed E-state index contributed by atoms with van der Waals surface area (Å²) in [7, 11) is 0. The number of rotatable bonds is 9. The monoisotopic (exact) mass is 328 g/mol. The van der Waals surface area contributed by atoms with E-state index in [0.29, 0.717) is 12.0 Å². The van der Waals surface area contributed by atoms with Crippen LogP contribution in [0.5, 0.6) is 0 Å². The third kappa shape index (κ3) is 6.16. The molecule has 1 fully saturated rings. The van der Waals surface area contributed by atoms with Crippen LogP contribution in [0.25, 0.3) is 0 Å². The molecule has 2 nitrogen and oxygen atoms in total. The Kier molecular flexibility index (Phi) is 8.27. The lowest BCUT2D eigenvalue weighted by atomic mass is 9.98. The third-order valence-corrected chi connectivity index (χ3v) is 4.76. The van der Waals surface area contributed by atoms with Crippen LogP contribution in [0, 0.1) is 5.92 Å². The molecule has 134 valence electrons. The Morgan fingerprint density at radius 2 is 1.79 bits per heavy atom. The van der Waals surface area contributed by atoms with Crippen molar-refractivity contribution in [3.8, 4) is 0 Å². The van der Waals surface area contributed by atoms with Crippen LogP contribution in [0.1, 0.15) is 53.9 Å². The van der Waals surface area contributed by atoms with Gasteiger partial charge in [0.25, 0.3) is 0 Å². The Labute approximate surface area is 149 Å². The maximum atomic E-state index is 4.24. The highest BCUT2D eigenvalue weighted by Gasteiger charge is 2.25. The maximum Gasteiger partial charge on any atom is 0.0492 e. The lowest BCUT2D eigenvalue weighted by Gasteiger charge is -2.26. The van der Waals surface area contributed by atoms with E-state index >= 15 is 0 Å². The first-order valence-electron chi connectivity index (χ1n) is 9.18. The second-order valence-corrected chi connectivity index (χ2v) is 7.32. The molecule has 1 saturated heterocycles. The average molecular weight is 329 g/mol. The number of allylic oxidation sites excluding steroid dienone is 5. The van der Waals surface area contributed by atoms with Gasteiger partial charge in [-0.05, 0) is 63.3 Å². The van der Waals surface area contributed by atoms with E-state index in [4.69, 9.17) is 0 Å². The van der Waals surface area contributed by atoms with Crippen molar-refractivity contribution in [1.29, 1.82) is 0 Å². The molecule has 0 aromatic carbocycles. The Balaban J connectivity index is 2.63. The SMILES string of the molecule is C=C(CC(C)C)/C(C)=C/C=C(\C)C(=C)NC(=C)C1CCCN1CC. The average Bonchev–Trinajstić information content (AvgIpc) is 2.99. The molecule has 1 N–H and O–H groups in total. The Bertz CT molecular complexity index is 534. The van der Waals surface area contributed by atoms with Crippen molar-refractivity contribution in [3.63, 3.8) is 0 Å². The quantitative estimate of drug-likeness (QED) is 0.556. The molecule has 0 bridgehead atoms. The molecule has 0 radical (unpaired) electrons. The smallest absolute Gasteiger partial charge is 0.0492 e. The number of likely N-dealkylation sites (N-methyl/N-ethyl adjacent to an activating group) is 1. The standard InChI is InChI=1S/C22H36N2/c1-9-24-14-10-11-22(24)21(8)23-20(7)18(5)13-12-17(4)19(6)15-16(2)3/h12-13,16,22-23H,6-11,14-15H2,1-5H3/b17-12+,18-13+. The first kappa shape index (κ1) is 20.5. The highest BCUT2D eigenvalue weighted by Crippen LogP contribution is 2.22. The molecule has 1 atom stereocenters. The van der Waals surface area contributed by atoms with Gasteiger partial charge < -0.3 is 5.32 Å². The van der Waals surface area contributed by atoms with Crippen LogP contribution in [0.2, 0.25) is 0 Å². The first-order valence-corrected chi connectivity index (χ1v) is 9.18. The topological polar surface area (TPSA) is 15.3 Å².